The predicted molar refractivity (Wildman–Crippen MR) is 61.5 cm³/mol. The Balaban J connectivity index is 2.40. The highest BCUT2D eigenvalue weighted by Gasteiger charge is 2.13. The van der Waals surface area contributed by atoms with E-state index in [0.29, 0.717) is 12.8 Å². The Bertz CT molecular complexity index is 269. The van der Waals surface area contributed by atoms with Crippen molar-refractivity contribution in [2.45, 2.75) is 38.9 Å². The minimum atomic E-state index is -0.459. The average molecular weight is 208 g/mol. The van der Waals surface area contributed by atoms with Crippen LogP contribution in [0.1, 0.15) is 38.4 Å². The van der Waals surface area contributed by atoms with Crippen LogP contribution in [-0.4, -0.2) is 16.3 Å². The summed E-state index contributed by atoms with van der Waals surface area (Å²) < 4.78 is 0. The van der Waals surface area contributed by atoms with Crippen LogP contribution in [0.15, 0.2) is 30.3 Å². The number of aliphatic hydroxyl groups excluding tert-OH is 2. The van der Waals surface area contributed by atoms with Gasteiger partial charge < -0.3 is 10.2 Å². The number of hydrogen-bond acceptors (Lipinski definition) is 2. The van der Waals surface area contributed by atoms with Gasteiger partial charge in [-0.05, 0) is 24.3 Å². The maximum absolute atomic E-state index is 9.84. The van der Waals surface area contributed by atoms with Crippen molar-refractivity contribution < 1.29 is 10.2 Å². The Morgan fingerprint density at radius 3 is 2.13 bits per heavy atom. The molecule has 0 saturated heterocycles. The van der Waals surface area contributed by atoms with E-state index in [-0.39, 0.29) is 12.0 Å². The SMILES string of the molecule is CC(C)C(O)CCC(O)c1ccccc1. The van der Waals surface area contributed by atoms with Crippen molar-refractivity contribution in [1.82, 2.24) is 0 Å². The zero-order valence-corrected chi connectivity index (χ0v) is 9.43. The van der Waals surface area contributed by atoms with Gasteiger partial charge in [0.15, 0.2) is 0 Å². The fourth-order valence-corrected chi connectivity index (χ4v) is 1.50. The van der Waals surface area contributed by atoms with E-state index >= 15 is 0 Å². The molecule has 2 atom stereocenters. The zero-order valence-electron chi connectivity index (χ0n) is 9.43. The number of hydrogen-bond donors (Lipinski definition) is 2. The Labute approximate surface area is 91.6 Å². The minimum Gasteiger partial charge on any atom is -0.393 e. The molecule has 0 amide bonds. The monoisotopic (exact) mass is 208 g/mol. The molecule has 0 bridgehead atoms. The second-order valence-electron chi connectivity index (χ2n) is 4.32. The predicted octanol–water partition coefficient (Wildman–Crippen LogP) is 2.52. The highest BCUT2D eigenvalue weighted by molar-refractivity contribution is 5.17. The molecule has 2 nitrogen and oxygen atoms in total. The lowest BCUT2D eigenvalue weighted by atomic mass is 9.98. The lowest BCUT2D eigenvalue weighted by molar-refractivity contribution is 0.0854. The lowest BCUT2D eigenvalue weighted by Gasteiger charge is -2.17. The molecule has 1 rings (SSSR count). The van der Waals surface area contributed by atoms with Crippen molar-refractivity contribution in [3.8, 4) is 0 Å². The summed E-state index contributed by atoms with van der Waals surface area (Å²) in [5.74, 6) is 0.257. The standard InChI is InChI=1S/C13H20O2/c1-10(2)12(14)8-9-13(15)11-6-4-3-5-7-11/h3-7,10,12-15H,8-9H2,1-2H3. The molecule has 15 heavy (non-hydrogen) atoms. The van der Waals surface area contributed by atoms with Gasteiger partial charge in [0, 0.05) is 0 Å². The molecule has 0 aliphatic rings. The van der Waals surface area contributed by atoms with Crippen LogP contribution >= 0.6 is 0 Å². The first-order chi connectivity index (χ1) is 7.11. The van der Waals surface area contributed by atoms with Crippen molar-refractivity contribution in [2.24, 2.45) is 5.92 Å². The van der Waals surface area contributed by atoms with Gasteiger partial charge in [0.1, 0.15) is 0 Å². The van der Waals surface area contributed by atoms with Gasteiger partial charge >= 0.3 is 0 Å². The summed E-state index contributed by atoms with van der Waals surface area (Å²) in [7, 11) is 0. The van der Waals surface area contributed by atoms with Gasteiger partial charge in [0.25, 0.3) is 0 Å². The van der Waals surface area contributed by atoms with Gasteiger partial charge in [-0.3, -0.25) is 0 Å². The summed E-state index contributed by atoms with van der Waals surface area (Å²) in [6.07, 6.45) is 0.486. The van der Waals surface area contributed by atoms with Crippen LogP contribution in [0.4, 0.5) is 0 Å². The van der Waals surface area contributed by atoms with E-state index < -0.39 is 6.10 Å². The second kappa shape index (κ2) is 5.89. The molecule has 0 saturated carbocycles. The Morgan fingerprint density at radius 2 is 1.60 bits per heavy atom. The first kappa shape index (κ1) is 12.2. The molecule has 0 spiro atoms. The summed E-state index contributed by atoms with van der Waals surface area (Å²) in [4.78, 5) is 0. The third-order valence-corrected chi connectivity index (χ3v) is 2.69. The first-order valence-corrected chi connectivity index (χ1v) is 5.52. The maximum Gasteiger partial charge on any atom is 0.0791 e. The van der Waals surface area contributed by atoms with Crippen molar-refractivity contribution in [3.05, 3.63) is 35.9 Å². The van der Waals surface area contributed by atoms with Gasteiger partial charge in [-0.1, -0.05) is 44.2 Å². The van der Waals surface area contributed by atoms with Crippen LogP contribution in [-0.2, 0) is 0 Å². The van der Waals surface area contributed by atoms with E-state index in [1.165, 1.54) is 0 Å². The maximum atomic E-state index is 9.84. The number of benzene rings is 1. The fourth-order valence-electron chi connectivity index (χ4n) is 1.50. The number of rotatable bonds is 5. The van der Waals surface area contributed by atoms with E-state index in [1.807, 2.05) is 44.2 Å². The second-order valence-corrected chi connectivity index (χ2v) is 4.32. The molecule has 2 N–H and O–H groups in total. The van der Waals surface area contributed by atoms with Crippen LogP contribution < -0.4 is 0 Å². The first-order valence-electron chi connectivity index (χ1n) is 5.52. The summed E-state index contributed by atoms with van der Waals surface area (Å²) >= 11 is 0. The topological polar surface area (TPSA) is 40.5 Å². The van der Waals surface area contributed by atoms with Crippen LogP contribution in [0.25, 0.3) is 0 Å². The van der Waals surface area contributed by atoms with E-state index in [1.54, 1.807) is 0 Å². The molecule has 0 aromatic heterocycles. The molecule has 0 fully saturated rings. The van der Waals surface area contributed by atoms with Crippen molar-refractivity contribution in [2.75, 3.05) is 0 Å². The van der Waals surface area contributed by atoms with Gasteiger partial charge in [0.05, 0.1) is 12.2 Å². The van der Waals surface area contributed by atoms with Gasteiger partial charge in [-0.25, -0.2) is 0 Å². The highest BCUT2D eigenvalue weighted by Crippen LogP contribution is 2.20. The number of aliphatic hydroxyl groups is 2. The van der Waals surface area contributed by atoms with Gasteiger partial charge in [-0.15, -0.1) is 0 Å². The summed E-state index contributed by atoms with van der Waals surface area (Å²) in [5.41, 5.74) is 0.924. The normalized spacial score (nSPS) is 15.3. The molecule has 2 heteroatoms. The smallest absolute Gasteiger partial charge is 0.0791 e. The van der Waals surface area contributed by atoms with Crippen LogP contribution in [0, 0.1) is 5.92 Å². The molecule has 1 aromatic carbocycles. The Morgan fingerprint density at radius 1 is 1.00 bits per heavy atom. The zero-order chi connectivity index (χ0) is 11.3. The van der Waals surface area contributed by atoms with Crippen molar-refractivity contribution in [1.29, 1.82) is 0 Å². The molecule has 1 aromatic rings. The van der Waals surface area contributed by atoms with Crippen LogP contribution in [0.5, 0.6) is 0 Å². The van der Waals surface area contributed by atoms with Crippen molar-refractivity contribution in [3.63, 3.8) is 0 Å². The summed E-state index contributed by atoms with van der Waals surface area (Å²) in [6.45, 7) is 3.97. The molecule has 0 heterocycles. The van der Waals surface area contributed by atoms with Gasteiger partial charge in [-0.2, -0.15) is 0 Å². The minimum absolute atomic E-state index is 0.257. The molecule has 0 aliphatic carbocycles. The summed E-state index contributed by atoms with van der Waals surface area (Å²) in [6, 6.07) is 9.58. The molecule has 0 aliphatic heterocycles. The van der Waals surface area contributed by atoms with Crippen molar-refractivity contribution >= 4 is 0 Å². The quantitative estimate of drug-likeness (QED) is 0.780. The van der Waals surface area contributed by atoms with E-state index in [4.69, 9.17) is 0 Å². The molecule has 0 radical (unpaired) electrons. The summed E-state index contributed by atoms with van der Waals surface area (Å²) in [5, 5.41) is 19.5. The van der Waals surface area contributed by atoms with E-state index in [2.05, 4.69) is 0 Å². The van der Waals surface area contributed by atoms with E-state index in [9.17, 15) is 10.2 Å². The fraction of sp³-hybridized carbons (Fsp3) is 0.538. The Kier molecular flexibility index (Phi) is 4.79. The third kappa shape index (κ3) is 4.02. The van der Waals surface area contributed by atoms with Crippen LogP contribution in [0.2, 0.25) is 0 Å². The lowest BCUT2D eigenvalue weighted by Crippen LogP contribution is -2.15. The van der Waals surface area contributed by atoms with Gasteiger partial charge in [0.2, 0.25) is 0 Å². The average Bonchev–Trinajstić information content (AvgIpc) is 2.26. The molecular formula is C13H20O2. The van der Waals surface area contributed by atoms with E-state index in [0.717, 1.165) is 5.56 Å². The molecule has 84 valence electrons. The molecule has 2 unspecified atom stereocenters. The highest BCUT2D eigenvalue weighted by atomic mass is 16.3. The van der Waals surface area contributed by atoms with Crippen LogP contribution in [0.3, 0.4) is 0 Å². The third-order valence-electron chi connectivity index (χ3n) is 2.69. The largest absolute Gasteiger partial charge is 0.393 e. The Hall–Kier alpha value is -0.860. The molecular weight excluding hydrogens is 188 g/mol.